The summed E-state index contributed by atoms with van der Waals surface area (Å²) in [6.45, 7) is 17.5. The molecule has 2 aromatic rings. The van der Waals surface area contributed by atoms with E-state index in [1.165, 1.54) is 18.9 Å². The highest BCUT2D eigenvalue weighted by atomic mass is 32.1. The maximum absolute atomic E-state index is 16.9. The molecule has 0 aliphatic carbocycles. The van der Waals surface area contributed by atoms with Crippen molar-refractivity contribution in [3.63, 3.8) is 0 Å². The molecule has 328 valence electrons. The van der Waals surface area contributed by atoms with Crippen molar-refractivity contribution in [3.05, 3.63) is 42.0 Å². The number of amides is 1. The summed E-state index contributed by atoms with van der Waals surface area (Å²) >= 11 is 1.60. The van der Waals surface area contributed by atoms with E-state index < -0.39 is 89.2 Å². The van der Waals surface area contributed by atoms with E-state index in [1.54, 1.807) is 58.4 Å². The zero-order chi connectivity index (χ0) is 43.4. The number of carbonyl (C=O) groups is 4. The number of unbranched alkanes of at least 4 members (excludes halogenated alkanes) is 1. The van der Waals surface area contributed by atoms with Crippen LogP contribution in [0.15, 0.2) is 42.0 Å². The summed E-state index contributed by atoms with van der Waals surface area (Å²) in [7, 11) is 1.40. The Morgan fingerprint density at radius 3 is 2.47 bits per heavy atom. The lowest BCUT2D eigenvalue weighted by atomic mass is 9.73. The number of nitrogens with zero attached hydrogens (tertiary/aromatic N) is 3. The number of ether oxygens (including phenoxy) is 5. The molecule has 59 heavy (non-hydrogen) atoms. The number of hydrogen-bond donors (Lipinski definition) is 2. The molecule has 2 aromatic heterocycles. The zero-order valence-electron chi connectivity index (χ0n) is 35.9. The molecule has 0 radical (unpaired) electrons. The van der Waals surface area contributed by atoms with E-state index in [4.69, 9.17) is 23.7 Å². The Hall–Kier alpha value is -3.54. The molecule has 3 aliphatic heterocycles. The third kappa shape index (κ3) is 9.68. The van der Waals surface area contributed by atoms with E-state index in [9.17, 15) is 24.3 Å². The highest BCUT2D eigenvalue weighted by Crippen LogP contribution is 2.43. The van der Waals surface area contributed by atoms with Gasteiger partial charge in [0.2, 0.25) is 0 Å². The van der Waals surface area contributed by atoms with Crippen LogP contribution in [0.1, 0.15) is 87.5 Å². The minimum atomic E-state index is -3.18. The minimum Gasteiger partial charge on any atom is -0.455 e. The van der Waals surface area contributed by atoms with Gasteiger partial charge in [-0.15, -0.1) is 6.58 Å². The number of thiophene rings is 1. The number of aromatic nitrogens is 2. The SMILES string of the molecule is C=CCN[C@H]1C[C@@H](C)O[C@@H](O[C@@H]2[C@@H](C)C(=O)[C@](C)(F)C(=O)O[C@H](CC)[C@@]3(C)OC(=O)N(CCCCn4cnc(-c5ccsc5)c4)C3[C@@H](C)C(=O)[C@H](C)C[C@@]2(C)OC)[C@H]1O. The molecular weight excluding hydrogens is 784 g/mol. The van der Waals surface area contributed by atoms with Crippen molar-refractivity contribution in [2.45, 2.75) is 154 Å². The number of alkyl halides is 1. The van der Waals surface area contributed by atoms with Crippen LogP contribution in [0.3, 0.4) is 0 Å². The Kier molecular flexibility index (Phi) is 15.0. The summed E-state index contributed by atoms with van der Waals surface area (Å²) in [5, 5.41) is 18.7. The number of esters is 1. The van der Waals surface area contributed by atoms with E-state index in [1.807, 2.05) is 34.5 Å². The first-order valence-electron chi connectivity index (χ1n) is 20.7. The van der Waals surface area contributed by atoms with Crippen LogP contribution in [0, 0.1) is 17.8 Å². The number of methoxy groups -OCH3 is 1. The summed E-state index contributed by atoms with van der Waals surface area (Å²) < 4.78 is 49.4. The Morgan fingerprint density at radius 2 is 1.83 bits per heavy atom. The number of nitrogens with one attached hydrogen (secondary N) is 1. The largest absolute Gasteiger partial charge is 0.455 e. The van der Waals surface area contributed by atoms with Crippen LogP contribution in [0.2, 0.25) is 0 Å². The summed E-state index contributed by atoms with van der Waals surface area (Å²) in [5.74, 6) is -5.81. The van der Waals surface area contributed by atoms with Gasteiger partial charge in [0, 0.05) is 67.7 Å². The molecule has 1 amide bonds. The fourth-order valence-electron chi connectivity index (χ4n) is 9.28. The predicted molar refractivity (Wildman–Crippen MR) is 219 cm³/mol. The highest BCUT2D eigenvalue weighted by molar-refractivity contribution is 7.08. The molecular formula is C43H63FN4O10S. The number of carbonyl (C=O) groups excluding carboxylic acids is 4. The Bertz CT molecular complexity index is 1790. The van der Waals surface area contributed by atoms with Gasteiger partial charge in [-0.25, -0.2) is 19.0 Å². The molecule has 14 nitrogen and oxygen atoms in total. The first-order chi connectivity index (χ1) is 27.8. The summed E-state index contributed by atoms with van der Waals surface area (Å²) in [5.41, 5.74) is -4.32. The van der Waals surface area contributed by atoms with E-state index in [-0.39, 0.29) is 31.3 Å². The molecule has 3 fully saturated rings. The molecule has 5 heterocycles. The second kappa shape index (κ2) is 19.0. The second-order valence-corrected chi connectivity index (χ2v) is 17.9. The van der Waals surface area contributed by atoms with Gasteiger partial charge in [-0.1, -0.05) is 33.8 Å². The lowest BCUT2D eigenvalue weighted by Crippen LogP contribution is -2.62. The first kappa shape index (κ1) is 46.5. The Morgan fingerprint density at radius 1 is 1.12 bits per heavy atom. The Balaban J connectivity index is 1.46. The van der Waals surface area contributed by atoms with Crippen LogP contribution in [-0.4, -0.2) is 123 Å². The molecule has 16 heteroatoms. The third-order valence-corrected chi connectivity index (χ3v) is 13.3. The lowest BCUT2D eigenvalue weighted by Gasteiger charge is -2.46. The van der Waals surface area contributed by atoms with Gasteiger partial charge in [-0.3, -0.25) is 9.59 Å². The van der Waals surface area contributed by atoms with Crippen LogP contribution in [0.5, 0.6) is 0 Å². The minimum absolute atomic E-state index is 0.00730. The van der Waals surface area contributed by atoms with Gasteiger partial charge in [0.25, 0.3) is 5.67 Å². The summed E-state index contributed by atoms with van der Waals surface area (Å²) in [6.07, 6.45) is 1.08. The zero-order valence-corrected chi connectivity index (χ0v) is 36.7. The van der Waals surface area contributed by atoms with Crippen molar-refractivity contribution >= 4 is 35.0 Å². The van der Waals surface area contributed by atoms with Crippen LogP contribution >= 0.6 is 11.3 Å². The van der Waals surface area contributed by atoms with Crippen molar-refractivity contribution in [2.24, 2.45) is 17.8 Å². The van der Waals surface area contributed by atoms with Gasteiger partial charge in [0.1, 0.15) is 18.0 Å². The van der Waals surface area contributed by atoms with Crippen molar-refractivity contribution < 1.29 is 52.4 Å². The molecule has 5 rings (SSSR count). The number of aliphatic hydroxyl groups excluding tert-OH is 1. The first-order valence-corrected chi connectivity index (χ1v) is 21.7. The number of aryl methyl sites for hydroxylation is 1. The van der Waals surface area contributed by atoms with Gasteiger partial charge in [0.05, 0.1) is 35.9 Å². The van der Waals surface area contributed by atoms with Crippen LogP contribution in [0.25, 0.3) is 11.3 Å². The van der Waals surface area contributed by atoms with Crippen LogP contribution in [-0.2, 0) is 44.6 Å². The highest BCUT2D eigenvalue weighted by Gasteiger charge is 2.61. The van der Waals surface area contributed by atoms with Crippen molar-refractivity contribution in [1.82, 2.24) is 19.8 Å². The maximum Gasteiger partial charge on any atom is 0.410 e. The number of rotatable bonds is 13. The third-order valence-electron chi connectivity index (χ3n) is 12.6. The van der Waals surface area contributed by atoms with Crippen LogP contribution < -0.4 is 5.32 Å². The van der Waals surface area contributed by atoms with Gasteiger partial charge in [0.15, 0.2) is 17.7 Å². The topological polar surface area (TPSA) is 168 Å². The maximum atomic E-state index is 16.9. The average Bonchev–Trinajstić information content (AvgIpc) is 3.96. The molecule has 0 saturated carbocycles. The van der Waals surface area contributed by atoms with Gasteiger partial charge in [-0.2, -0.15) is 11.3 Å². The van der Waals surface area contributed by atoms with Gasteiger partial charge in [-0.05, 0) is 71.2 Å². The molecule has 13 atom stereocenters. The van der Waals surface area contributed by atoms with Crippen molar-refractivity contribution in [3.8, 4) is 11.3 Å². The molecule has 0 bridgehead atoms. The number of Topliss-reactive ketones (excluding diaryl/α,β-unsaturated/α-hetero) is 2. The quantitative estimate of drug-likeness (QED) is 0.106. The van der Waals surface area contributed by atoms with E-state index in [0.29, 0.717) is 32.4 Å². The average molecular weight is 847 g/mol. The molecule has 1 unspecified atom stereocenters. The van der Waals surface area contributed by atoms with E-state index in [2.05, 4.69) is 16.9 Å². The predicted octanol–water partition coefficient (Wildman–Crippen LogP) is 5.90. The molecule has 2 N–H and O–H groups in total. The number of fused-ring (bicyclic) bond motifs is 1. The normalized spacial score (nSPS) is 37.4. The van der Waals surface area contributed by atoms with Crippen molar-refractivity contribution in [1.29, 1.82) is 0 Å². The lowest BCUT2D eigenvalue weighted by molar-refractivity contribution is -0.290. The molecule has 0 spiro atoms. The Labute approximate surface area is 351 Å². The fraction of sp³-hybridized carbons (Fsp3) is 0.698. The van der Waals surface area contributed by atoms with Crippen molar-refractivity contribution in [2.75, 3.05) is 20.2 Å². The standard InChI is InChI=1S/C43H63FN4O10S/c1-11-16-45-30-20-26(4)55-38(34(30)50)57-37-28(6)36(51)42(8,44)39(52)56-32(12-2)43(9)35(27(5)33(49)25(3)21-41(37,7)54-10)48(40(53)58-43)18-14-13-17-47-22-31(46-24-47)29-15-19-59-23-29/h11,15,19,22-28,30,32,34-35,37-38,45,50H,1,12-14,16-18,20-21H2,2-10H3/t25-,26-,27+,28+,30+,32-,34+,35?,37-,38+,41-,42+,43-/m1/s1. The van der Waals surface area contributed by atoms with E-state index >= 15 is 4.39 Å². The summed E-state index contributed by atoms with van der Waals surface area (Å²) in [6, 6.07) is 0.629. The van der Waals surface area contributed by atoms with Gasteiger partial charge < -0.3 is 43.6 Å². The smallest absolute Gasteiger partial charge is 0.410 e. The second-order valence-electron chi connectivity index (χ2n) is 17.1. The molecule has 0 aromatic carbocycles. The fourth-order valence-corrected chi connectivity index (χ4v) is 9.93. The number of ketones is 2. The summed E-state index contributed by atoms with van der Waals surface area (Å²) in [4.78, 5) is 62.7. The number of halogens is 1. The number of hydrogen-bond acceptors (Lipinski definition) is 13. The molecule has 3 saturated heterocycles. The van der Waals surface area contributed by atoms with E-state index in [0.717, 1.165) is 18.2 Å². The number of cyclic esters (lactones) is 1. The number of imidazole rings is 1. The van der Waals surface area contributed by atoms with Crippen LogP contribution in [0.4, 0.5) is 9.18 Å². The van der Waals surface area contributed by atoms with Gasteiger partial charge >= 0.3 is 12.1 Å². The molecule has 3 aliphatic rings. The number of aliphatic hydroxyl groups is 1. The monoisotopic (exact) mass is 846 g/mol.